The Kier molecular flexibility index (Phi) is 7.16. The topological polar surface area (TPSA) is 65.3 Å². The molecule has 0 heterocycles. The zero-order chi connectivity index (χ0) is 14.3. The second-order valence-corrected chi connectivity index (χ2v) is 5.17. The van der Waals surface area contributed by atoms with Crippen LogP contribution in [0.4, 0.5) is 0 Å². The summed E-state index contributed by atoms with van der Waals surface area (Å²) in [6, 6.07) is 0. The molecule has 0 aromatic rings. The van der Waals surface area contributed by atoms with Crippen molar-refractivity contribution in [1.82, 2.24) is 10.0 Å². The second kappa shape index (κ2) is 7.79. The molecule has 0 aliphatic carbocycles. The van der Waals surface area contributed by atoms with E-state index in [1.165, 1.54) is 23.9 Å². The van der Waals surface area contributed by atoms with E-state index >= 15 is 0 Å². The van der Waals surface area contributed by atoms with Gasteiger partial charge in [-0.15, -0.1) is 0 Å². The molecular weight excluding hydrogens is 232 g/mol. The maximum atomic E-state index is 11.4. The quantitative estimate of drug-likeness (QED) is 0.540. The highest BCUT2D eigenvalue weighted by atomic mass is 16.2. The van der Waals surface area contributed by atoms with Gasteiger partial charge < -0.3 is 0 Å². The molecule has 2 amide bonds. The SMILES string of the molecule is CC(=O)N(CC(C)C)N=NN(CC(C)C)C(C)=O. The Hall–Kier alpha value is -1.46. The molecule has 0 fully saturated rings. The molecular formula is C12H24N4O2. The Morgan fingerprint density at radius 3 is 1.28 bits per heavy atom. The number of carbonyl (C=O) groups excluding carboxylic acids is 2. The molecule has 0 bridgehead atoms. The fraction of sp³-hybridized carbons (Fsp3) is 0.833. The molecule has 0 rings (SSSR count). The molecule has 6 heteroatoms. The normalized spacial score (nSPS) is 11.3. The van der Waals surface area contributed by atoms with Crippen LogP contribution in [0.1, 0.15) is 41.5 Å². The summed E-state index contributed by atoms with van der Waals surface area (Å²) in [7, 11) is 0. The van der Waals surface area contributed by atoms with Crippen molar-refractivity contribution in [2.45, 2.75) is 41.5 Å². The first-order valence-corrected chi connectivity index (χ1v) is 6.21. The van der Waals surface area contributed by atoms with Crippen molar-refractivity contribution < 1.29 is 9.59 Å². The van der Waals surface area contributed by atoms with E-state index in [0.29, 0.717) is 24.9 Å². The van der Waals surface area contributed by atoms with Crippen LogP contribution in [0.3, 0.4) is 0 Å². The standard InChI is InChI=1S/C12H24N4O2/c1-9(2)7-15(11(5)17)13-14-16(12(6)18)8-10(3)4/h9-10H,7-8H2,1-6H3. The lowest BCUT2D eigenvalue weighted by molar-refractivity contribution is -0.133. The summed E-state index contributed by atoms with van der Waals surface area (Å²) in [5.74, 6) is 0.230. The molecule has 0 saturated carbocycles. The molecule has 0 radical (unpaired) electrons. The van der Waals surface area contributed by atoms with Crippen molar-refractivity contribution in [1.29, 1.82) is 0 Å². The van der Waals surface area contributed by atoms with Crippen LogP contribution in [0.15, 0.2) is 10.4 Å². The number of amides is 2. The Balaban J connectivity index is 4.70. The van der Waals surface area contributed by atoms with Crippen molar-refractivity contribution in [3.05, 3.63) is 0 Å². The van der Waals surface area contributed by atoms with Gasteiger partial charge in [-0.2, -0.15) is 0 Å². The van der Waals surface area contributed by atoms with Crippen molar-refractivity contribution >= 4 is 11.8 Å². The summed E-state index contributed by atoms with van der Waals surface area (Å²) < 4.78 is 0. The van der Waals surface area contributed by atoms with Gasteiger partial charge >= 0.3 is 0 Å². The zero-order valence-electron chi connectivity index (χ0n) is 12.2. The van der Waals surface area contributed by atoms with E-state index in [1.807, 2.05) is 27.7 Å². The summed E-state index contributed by atoms with van der Waals surface area (Å²) in [6.07, 6.45) is 0. The Labute approximate surface area is 109 Å². The molecule has 0 saturated heterocycles. The van der Waals surface area contributed by atoms with Crippen molar-refractivity contribution in [3.63, 3.8) is 0 Å². The zero-order valence-corrected chi connectivity index (χ0v) is 12.2. The smallest absolute Gasteiger partial charge is 0.240 e. The Morgan fingerprint density at radius 1 is 0.833 bits per heavy atom. The molecule has 104 valence electrons. The average Bonchev–Trinajstić information content (AvgIpc) is 2.20. The number of nitrogens with zero attached hydrogens (tertiary/aromatic N) is 4. The Bertz CT molecular complexity index is 283. The molecule has 0 aliphatic heterocycles. The predicted octanol–water partition coefficient (Wildman–Crippen LogP) is 2.28. The van der Waals surface area contributed by atoms with Gasteiger partial charge in [0, 0.05) is 26.9 Å². The maximum absolute atomic E-state index is 11.4. The van der Waals surface area contributed by atoms with E-state index in [9.17, 15) is 9.59 Å². The molecule has 0 N–H and O–H groups in total. The van der Waals surface area contributed by atoms with Crippen LogP contribution in [-0.4, -0.2) is 34.9 Å². The first kappa shape index (κ1) is 16.5. The van der Waals surface area contributed by atoms with Crippen LogP contribution in [0.5, 0.6) is 0 Å². The molecule has 6 nitrogen and oxygen atoms in total. The molecule has 0 spiro atoms. The minimum absolute atomic E-state index is 0.180. The van der Waals surface area contributed by atoms with Crippen LogP contribution < -0.4 is 0 Å². The summed E-state index contributed by atoms with van der Waals surface area (Å²) in [4.78, 5) is 22.7. The van der Waals surface area contributed by atoms with Gasteiger partial charge in [0.2, 0.25) is 11.8 Å². The van der Waals surface area contributed by atoms with Gasteiger partial charge in [0.25, 0.3) is 0 Å². The van der Waals surface area contributed by atoms with Crippen LogP contribution in [-0.2, 0) is 9.59 Å². The third-order valence-electron chi connectivity index (χ3n) is 2.06. The summed E-state index contributed by atoms with van der Waals surface area (Å²) in [5, 5.41) is 10.3. The molecule has 0 aliphatic rings. The van der Waals surface area contributed by atoms with Crippen molar-refractivity contribution in [2.24, 2.45) is 22.3 Å². The van der Waals surface area contributed by atoms with E-state index in [2.05, 4.69) is 10.4 Å². The third-order valence-corrected chi connectivity index (χ3v) is 2.06. The molecule has 18 heavy (non-hydrogen) atoms. The monoisotopic (exact) mass is 256 g/mol. The average molecular weight is 256 g/mol. The summed E-state index contributed by atoms with van der Waals surface area (Å²) >= 11 is 0. The van der Waals surface area contributed by atoms with E-state index in [4.69, 9.17) is 0 Å². The lowest BCUT2D eigenvalue weighted by atomic mass is 10.2. The first-order valence-electron chi connectivity index (χ1n) is 6.21. The van der Waals surface area contributed by atoms with Gasteiger partial charge in [-0.25, -0.2) is 10.0 Å². The summed E-state index contributed by atoms with van der Waals surface area (Å²) in [5.41, 5.74) is 0. The molecule has 0 unspecified atom stereocenters. The maximum Gasteiger partial charge on any atom is 0.240 e. The number of carbonyl (C=O) groups is 2. The van der Waals surface area contributed by atoms with E-state index in [-0.39, 0.29) is 11.8 Å². The highest BCUT2D eigenvalue weighted by Gasteiger charge is 2.13. The van der Waals surface area contributed by atoms with Crippen molar-refractivity contribution in [2.75, 3.05) is 13.1 Å². The molecule has 0 aromatic carbocycles. The number of hydrogen-bond donors (Lipinski definition) is 0. The number of hydrogen-bond acceptors (Lipinski definition) is 4. The third kappa shape index (κ3) is 6.98. The van der Waals surface area contributed by atoms with E-state index < -0.39 is 0 Å². The van der Waals surface area contributed by atoms with Crippen LogP contribution in [0.2, 0.25) is 0 Å². The predicted molar refractivity (Wildman–Crippen MR) is 69.3 cm³/mol. The Morgan fingerprint density at radius 2 is 1.11 bits per heavy atom. The van der Waals surface area contributed by atoms with Gasteiger partial charge in [-0.3, -0.25) is 9.59 Å². The molecule has 0 aromatic heterocycles. The number of rotatable bonds is 6. The van der Waals surface area contributed by atoms with Crippen LogP contribution >= 0.6 is 0 Å². The van der Waals surface area contributed by atoms with Crippen LogP contribution in [0, 0.1) is 11.8 Å². The highest BCUT2D eigenvalue weighted by Crippen LogP contribution is 2.04. The van der Waals surface area contributed by atoms with Gasteiger partial charge in [0.15, 0.2) is 0 Å². The van der Waals surface area contributed by atoms with Crippen molar-refractivity contribution in [3.8, 4) is 0 Å². The fourth-order valence-corrected chi connectivity index (χ4v) is 1.24. The minimum Gasteiger partial charge on any atom is -0.273 e. The highest BCUT2D eigenvalue weighted by molar-refractivity contribution is 5.73. The van der Waals surface area contributed by atoms with Gasteiger partial charge in [0.05, 0.1) is 0 Å². The second-order valence-electron chi connectivity index (χ2n) is 5.17. The van der Waals surface area contributed by atoms with Gasteiger partial charge in [-0.1, -0.05) is 27.7 Å². The first-order chi connectivity index (χ1) is 8.23. The molecule has 0 atom stereocenters. The minimum atomic E-state index is -0.180. The van der Waals surface area contributed by atoms with Crippen LogP contribution in [0.25, 0.3) is 0 Å². The lowest BCUT2D eigenvalue weighted by Gasteiger charge is -2.19. The van der Waals surface area contributed by atoms with Gasteiger partial charge in [-0.05, 0) is 22.3 Å². The van der Waals surface area contributed by atoms with Gasteiger partial charge in [0.1, 0.15) is 0 Å². The lowest BCUT2D eigenvalue weighted by Crippen LogP contribution is -2.30. The summed E-state index contributed by atoms with van der Waals surface area (Å²) in [6.45, 7) is 11.8. The van der Waals surface area contributed by atoms with E-state index in [1.54, 1.807) is 0 Å². The van der Waals surface area contributed by atoms with E-state index in [0.717, 1.165) is 0 Å². The largest absolute Gasteiger partial charge is 0.273 e. The fourth-order valence-electron chi connectivity index (χ4n) is 1.24.